The first-order valence-corrected chi connectivity index (χ1v) is 6.63. The van der Waals surface area contributed by atoms with Crippen molar-refractivity contribution in [3.8, 4) is 0 Å². The lowest BCUT2D eigenvalue weighted by molar-refractivity contribution is -0.160. The van der Waals surface area contributed by atoms with Gasteiger partial charge < -0.3 is 4.90 Å². The van der Waals surface area contributed by atoms with Crippen LogP contribution < -0.4 is 0 Å². The van der Waals surface area contributed by atoms with Gasteiger partial charge in [0.1, 0.15) is 16.4 Å². The molecule has 8 heteroatoms. The summed E-state index contributed by atoms with van der Waals surface area (Å²) >= 11 is 0. The summed E-state index contributed by atoms with van der Waals surface area (Å²) in [6.45, 7) is -0.0295. The molecule has 0 aromatic rings. The molecule has 0 atom stereocenters. The van der Waals surface area contributed by atoms with Crippen molar-refractivity contribution in [2.45, 2.75) is 19.5 Å². The van der Waals surface area contributed by atoms with Gasteiger partial charge in [-0.25, -0.2) is 8.42 Å². The highest BCUT2D eigenvalue weighted by atomic mass is 32.2. The average molecular weight is 261 g/mol. The fourth-order valence-corrected chi connectivity index (χ4v) is 1.57. The SMILES string of the molecule is CCN(CC(F)(F)F)C(=O)CCS(C)(=O)=O. The molecule has 0 saturated heterocycles. The van der Waals surface area contributed by atoms with E-state index in [-0.39, 0.29) is 6.54 Å². The monoisotopic (exact) mass is 261 g/mol. The van der Waals surface area contributed by atoms with Gasteiger partial charge in [0.2, 0.25) is 5.91 Å². The molecule has 96 valence electrons. The highest BCUT2D eigenvalue weighted by molar-refractivity contribution is 7.90. The van der Waals surface area contributed by atoms with Gasteiger partial charge in [-0.3, -0.25) is 4.79 Å². The van der Waals surface area contributed by atoms with Gasteiger partial charge in [-0.05, 0) is 6.92 Å². The zero-order valence-electron chi connectivity index (χ0n) is 9.04. The number of amides is 1. The van der Waals surface area contributed by atoms with Crippen LogP contribution in [0.5, 0.6) is 0 Å². The van der Waals surface area contributed by atoms with Crippen LogP contribution in [-0.2, 0) is 14.6 Å². The first-order valence-electron chi connectivity index (χ1n) is 4.57. The Bertz CT molecular complexity index is 337. The number of nitrogens with zero attached hydrogens (tertiary/aromatic N) is 1. The summed E-state index contributed by atoms with van der Waals surface area (Å²) in [6, 6.07) is 0. The smallest absolute Gasteiger partial charge is 0.334 e. The molecule has 0 fully saturated rings. The molecule has 0 spiro atoms. The lowest BCUT2D eigenvalue weighted by Gasteiger charge is -2.22. The second kappa shape index (κ2) is 5.51. The normalized spacial score (nSPS) is 12.6. The zero-order valence-corrected chi connectivity index (χ0v) is 9.86. The van der Waals surface area contributed by atoms with Crippen LogP contribution in [0.25, 0.3) is 0 Å². The minimum Gasteiger partial charge on any atom is -0.334 e. The maximum atomic E-state index is 12.0. The molecular weight excluding hydrogens is 247 g/mol. The topological polar surface area (TPSA) is 54.5 Å². The molecule has 1 amide bonds. The lowest BCUT2D eigenvalue weighted by atomic mass is 10.3. The third kappa shape index (κ3) is 7.49. The predicted octanol–water partition coefficient (Wildman–Crippen LogP) is 0.832. The largest absolute Gasteiger partial charge is 0.406 e. The number of sulfone groups is 1. The Morgan fingerprint density at radius 3 is 2.12 bits per heavy atom. The summed E-state index contributed by atoms with van der Waals surface area (Å²) in [5.74, 6) is -1.23. The van der Waals surface area contributed by atoms with Crippen molar-refractivity contribution < 1.29 is 26.4 Å². The number of alkyl halides is 3. The van der Waals surface area contributed by atoms with Gasteiger partial charge in [0, 0.05) is 19.2 Å². The van der Waals surface area contributed by atoms with Gasteiger partial charge in [-0.15, -0.1) is 0 Å². The van der Waals surface area contributed by atoms with Crippen LogP contribution in [0.2, 0.25) is 0 Å². The maximum absolute atomic E-state index is 12.0. The van der Waals surface area contributed by atoms with Crippen molar-refractivity contribution in [3.63, 3.8) is 0 Å². The summed E-state index contributed by atoms with van der Waals surface area (Å²) in [5, 5.41) is 0. The number of halogens is 3. The fraction of sp³-hybridized carbons (Fsp3) is 0.875. The van der Waals surface area contributed by atoms with Crippen LogP contribution in [0.15, 0.2) is 0 Å². The number of hydrogen-bond donors (Lipinski definition) is 0. The summed E-state index contributed by atoms with van der Waals surface area (Å²) in [7, 11) is -3.33. The third-order valence-electron chi connectivity index (χ3n) is 1.79. The number of hydrogen-bond acceptors (Lipinski definition) is 3. The molecule has 16 heavy (non-hydrogen) atoms. The minimum atomic E-state index is -4.46. The molecule has 0 aliphatic heterocycles. The van der Waals surface area contributed by atoms with Gasteiger partial charge in [-0.2, -0.15) is 13.2 Å². The van der Waals surface area contributed by atoms with E-state index in [4.69, 9.17) is 0 Å². The maximum Gasteiger partial charge on any atom is 0.406 e. The molecule has 0 aliphatic rings. The van der Waals surface area contributed by atoms with Crippen LogP contribution in [0.4, 0.5) is 13.2 Å². The summed E-state index contributed by atoms with van der Waals surface area (Å²) in [5.41, 5.74) is 0. The molecule has 0 unspecified atom stereocenters. The Hall–Kier alpha value is -0.790. The van der Waals surface area contributed by atoms with Crippen LogP contribution in [0, 0.1) is 0 Å². The molecule has 0 N–H and O–H groups in total. The standard InChI is InChI=1S/C8H14F3NO3S/c1-3-12(6-8(9,10)11)7(13)4-5-16(2,14)15/h3-6H2,1-2H3. The van der Waals surface area contributed by atoms with Crippen molar-refractivity contribution in [3.05, 3.63) is 0 Å². The zero-order chi connectivity index (χ0) is 13.0. The summed E-state index contributed by atoms with van der Waals surface area (Å²) in [6.07, 6.45) is -3.94. The first kappa shape index (κ1) is 15.2. The highest BCUT2D eigenvalue weighted by Crippen LogP contribution is 2.16. The Kier molecular flexibility index (Phi) is 5.24. The van der Waals surface area contributed by atoms with E-state index in [1.807, 2.05) is 0 Å². The van der Waals surface area contributed by atoms with E-state index < -0.39 is 40.6 Å². The Labute approximate surface area is 92.3 Å². The predicted molar refractivity (Wildman–Crippen MR) is 52.6 cm³/mol. The van der Waals surface area contributed by atoms with E-state index in [1.165, 1.54) is 6.92 Å². The van der Waals surface area contributed by atoms with Gasteiger partial charge in [-0.1, -0.05) is 0 Å². The van der Waals surface area contributed by atoms with Gasteiger partial charge in [0.25, 0.3) is 0 Å². The lowest BCUT2D eigenvalue weighted by Crippen LogP contribution is -2.39. The van der Waals surface area contributed by atoms with E-state index in [9.17, 15) is 26.4 Å². The number of carbonyl (C=O) groups excluding carboxylic acids is 1. The van der Waals surface area contributed by atoms with Crippen molar-refractivity contribution in [1.29, 1.82) is 0 Å². The molecule has 0 aliphatic carbocycles. The molecule has 0 aromatic heterocycles. The number of carbonyl (C=O) groups is 1. The van der Waals surface area contributed by atoms with Crippen LogP contribution in [-0.4, -0.2) is 50.5 Å². The van der Waals surface area contributed by atoms with Crippen LogP contribution in [0.1, 0.15) is 13.3 Å². The second-order valence-corrected chi connectivity index (χ2v) is 5.66. The first-order chi connectivity index (χ1) is 7.05. The summed E-state index contributed by atoms with van der Waals surface area (Å²) in [4.78, 5) is 11.8. The van der Waals surface area contributed by atoms with E-state index >= 15 is 0 Å². The van der Waals surface area contributed by atoms with Crippen LogP contribution >= 0.6 is 0 Å². The highest BCUT2D eigenvalue weighted by Gasteiger charge is 2.32. The summed E-state index contributed by atoms with van der Waals surface area (Å²) < 4.78 is 57.5. The van der Waals surface area contributed by atoms with E-state index in [2.05, 4.69) is 0 Å². The molecule has 0 rings (SSSR count). The van der Waals surface area contributed by atoms with Gasteiger partial charge in [0.05, 0.1) is 5.75 Å². The Balaban J connectivity index is 4.33. The Morgan fingerprint density at radius 2 is 1.81 bits per heavy atom. The van der Waals surface area contributed by atoms with Crippen LogP contribution in [0.3, 0.4) is 0 Å². The minimum absolute atomic E-state index is 0.0951. The molecule has 0 bridgehead atoms. The fourth-order valence-electron chi connectivity index (χ4n) is 1.02. The molecule has 0 heterocycles. The average Bonchev–Trinajstić information content (AvgIpc) is 2.07. The molecule has 0 aromatic carbocycles. The van der Waals surface area contributed by atoms with Crippen molar-refractivity contribution in [2.24, 2.45) is 0 Å². The van der Waals surface area contributed by atoms with E-state index in [0.717, 1.165) is 6.26 Å². The van der Waals surface area contributed by atoms with Gasteiger partial charge in [0.15, 0.2) is 0 Å². The Morgan fingerprint density at radius 1 is 1.31 bits per heavy atom. The third-order valence-corrected chi connectivity index (χ3v) is 2.74. The molecule has 4 nitrogen and oxygen atoms in total. The van der Waals surface area contributed by atoms with E-state index in [1.54, 1.807) is 0 Å². The quantitative estimate of drug-likeness (QED) is 0.736. The molecule has 0 radical (unpaired) electrons. The van der Waals surface area contributed by atoms with E-state index in [0.29, 0.717) is 4.90 Å². The number of rotatable bonds is 5. The van der Waals surface area contributed by atoms with Crippen molar-refractivity contribution >= 4 is 15.7 Å². The van der Waals surface area contributed by atoms with Gasteiger partial charge >= 0.3 is 6.18 Å². The van der Waals surface area contributed by atoms with Crippen molar-refractivity contribution in [2.75, 3.05) is 25.1 Å². The molecular formula is C8H14F3NO3S. The second-order valence-electron chi connectivity index (χ2n) is 3.40. The van der Waals surface area contributed by atoms with Crippen molar-refractivity contribution in [1.82, 2.24) is 4.90 Å². The molecule has 0 saturated carbocycles.